The van der Waals surface area contributed by atoms with Crippen LogP contribution < -0.4 is 5.32 Å². The van der Waals surface area contributed by atoms with Crippen LogP contribution >= 0.6 is 0 Å². The fourth-order valence-corrected chi connectivity index (χ4v) is 1.51. The molecule has 1 N–H and O–H groups in total. The number of halogens is 1. The zero-order valence-corrected chi connectivity index (χ0v) is 10.5. The second kappa shape index (κ2) is 6.23. The smallest absolute Gasteiger partial charge is 0.317 e. The van der Waals surface area contributed by atoms with E-state index in [1.807, 2.05) is 13.8 Å². The molecule has 2 amide bonds. The maximum absolute atomic E-state index is 13.4. The van der Waals surface area contributed by atoms with Crippen LogP contribution in [-0.4, -0.2) is 30.6 Å². The summed E-state index contributed by atoms with van der Waals surface area (Å²) in [5.74, 6) is -0.225. The van der Waals surface area contributed by atoms with Gasteiger partial charge in [-0.15, -0.1) is 0 Å². The maximum Gasteiger partial charge on any atom is 0.317 e. The van der Waals surface area contributed by atoms with Gasteiger partial charge < -0.3 is 10.2 Å². The van der Waals surface area contributed by atoms with Crippen molar-refractivity contribution in [1.82, 2.24) is 10.2 Å². The molecule has 0 bridgehead atoms. The zero-order chi connectivity index (χ0) is 12.8. The number of rotatable bonds is 4. The van der Waals surface area contributed by atoms with Crippen molar-refractivity contribution in [2.75, 3.05) is 13.6 Å². The van der Waals surface area contributed by atoms with Crippen molar-refractivity contribution in [3.8, 4) is 0 Å². The van der Waals surface area contributed by atoms with E-state index in [1.165, 1.54) is 6.07 Å². The molecule has 0 fully saturated rings. The molecule has 0 saturated carbocycles. The summed E-state index contributed by atoms with van der Waals surface area (Å²) in [6, 6.07) is 6.41. The van der Waals surface area contributed by atoms with E-state index in [0.29, 0.717) is 18.5 Å². The monoisotopic (exact) mass is 238 g/mol. The maximum atomic E-state index is 13.4. The van der Waals surface area contributed by atoms with Crippen LogP contribution in [0.25, 0.3) is 0 Å². The van der Waals surface area contributed by atoms with Gasteiger partial charge in [0.1, 0.15) is 5.82 Å². The fraction of sp³-hybridized carbons (Fsp3) is 0.462. The molecule has 1 aromatic rings. The molecule has 1 unspecified atom stereocenters. The fourth-order valence-electron chi connectivity index (χ4n) is 1.51. The first-order valence-corrected chi connectivity index (χ1v) is 5.79. The van der Waals surface area contributed by atoms with Crippen molar-refractivity contribution < 1.29 is 9.18 Å². The van der Waals surface area contributed by atoms with Gasteiger partial charge in [0.2, 0.25) is 0 Å². The van der Waals surface area contributed by atoms with Crippen LogP contribution in [0.3, 0.4) is 0 Å². The Morgan fingerprint density at radius 1 is 1.47 bits per heavy atom. The van der Waals surface area contributed by atoms with Gasteiger partial charge in [0.15, 0.2) is 0 Å². The van der Waals surface area contributed by atoms with E-state index in [2.05, 4.69) is 5.32 Å². The van der Waals surface area contributed by atoms with Gasteiger partial charge in [0.25, 0.3) is 0 Å². The highest BCUT2D eigenvalue weighted by Crippen LogP contribution is 2.09. The Balaban J connectivity index is 2.53. The van der Waals surface area contributed by atoms with Crippen LogP contribution in [0.2, 0.25) is 0 Å². The Kier molecular flexibility index (Phi) is 4.94. The SMILES string of the molecule is CCN(C)C(=O)NC(C)Cc1ccccc1F. The molecule has 0 heterocycles. The quantitative estimate of drug-likeness (QED) is 0.858. The third-order valence-corrected chi connectivity index (χ3v) is 2.67. The first-order valence-electron chi connectivity index (χ1n) is 5.79. The van der Waals surface area contributed by atoms with Gasteiger partial charge >= 0.3 is 6.03 Å². The third-order valence-electron chi connectivity index (χ3n) is 2.67. The number of nitrogens with zero attached hydrogens (tertiary/aromatic N) is 1. The van der Waals surface area contributed by atoms with Crippen molar-refractivity contribution in [2.24, 2.45) is 0 Å². The summed E-state index contributed by atoms with van der Waals surface area (Å²) in [5.41, 5.74) is 0.624. The van der Waals surface area contributed by atoms with Crippen molar-refractivity contribution in [2.45, 2.75) is 26.3 Å². The number of hydrogen-bond acceptors (Lipinski definition) is 1. The molecule has 17 heavy (non-hydrogen) atoms. The van der Waals surface area contributed by atoms with E-state index in [9.17, 15) is 9.18 Å². The second-order valence-corrected chi connectivity index (χ2v) is 4.16. The summed E-state index contributed by atoms with van der Waals surface area (Å²) in [4.78, 5) is 13.2. The summed E-state index contributed by atoms with van der Waals surface area (Å²) in [7, 11) is 1.73. The molecular weight excluding hydrogens is 219 g/mol. The highest BCUT2D eigenvalue weighted by atomic mass is 19.1. The Morgan fingerprint density at radius 2 is 2.12 bits per heavy atom. The van der Waals surface area contributed by atoms with E-state index in [4.69, 9.17) is 0 Å². The molecule has 1 atom stereocenters. The summed E-state index contributed by atoms with van der Waals surface area (Å²) in [6.07, 6.45) is 0.496. The largest absolute Gasteiger partial charge is 0.335 e. The number of carbonyl (C=O) groups excluding carboxylic acids is 1. The Bertz CT molecular complexity index is 381. The predicted octanol–water partition coefficient (Wildman–Crippen LogP) is 2.42. The standard InChI is InChI=1S/C13H19FN2O/c1-4-16(3)13(17)15-10(2)9-11-7-5-6-8-12(11)14/h5-8,10H,4,9H2,1-3H3,(H,15,17). The summed E-state index contributed by atoms with van der Waals surface area (Å²) in [5, 5.41) is 2.83. The van der Waals surface area contributed by atoms with E-state index in [-0.39, 0.29) is 17.9 Å². The molecule has 1 aromatic carbocycles. The van der Waals surface area contributed by atoms with Gasteiger partial charge in [-0.05, 0) is 31.9 Å². The molecule has 0 saturated heterocycles. The van der Waals surface area contributed by atoms with Crippen LogP contribution in [0.4, 0.5) is 9.18 Å². The molecule has 0 spiro atoms. The van der Waals surface area contributed by atoms with E-state index in [0.717, 1.165) is 0 Å². The Morgan fingerprint density at radius 3 is 2.71 bits per heavy atom. The number of carbonyl (C=O) groups is 1. The van der Waals surface area contributed by atoms with Crippen molar-refractivity contribution in [3.63, 3.8) is 0 Å². The predicted molar refractivity (Wildman–Crippen MR) is 66.4 cm³/mol. The molecule has 94 valence electrons. The highest BCUT2D eigenvalue weighted by molar-refractivity contribution is 5.74. The topological polar surface area (TPSA) is 32.3 Å². The lowest BCUT2D eigenvalue weighted by molar-refractivity contribution is 0.207. The number of benzene rings is 1. The van der Waals surface area contributed by atoms with Crippen LogP contribution in [-0.2, 0) is 6.42 Å². The molecule has 1 rings (SSSR count). The molecule has 0 aromatic heterocycles. The van der Waals surface area contributed by atoms with Gasteiger partial charge in [-0.25, -0.2) is 9.18 Å². The molecule has 0 radical (unpaired) electrons. The first-order chi connectivity index (χ1) is 8.04. The minimum absolute atomic E-state index is 0.0894. The lowest BCUT2D eigenvalue weighted by Crippen LogP contribution is -2.42. The summed E-state index contributed by atoms with van der Waals surface area (Å²) >= 11 is 0. The van der Waals surface area contributed by atoms with Gasteiger partial charge in [-0.1, -0.05) is 18.2 Å². The zero-order valence-electron chi connectivity index (χ0n) is 10.5. The van der Waals surface area contributed by atoms with Crippen LogP contribution in [0.15, 0.2) is 24.3 Å². The van der Waals surface area contributed by atoms with Crippen LogP contribution in [0.1, 0.15) is 19.4 Å². The minimum atomic E-state index is -0.225. The number of hydrogen-bond donors (Lipinski definition) is 1. The lowest BCUT2D eigenvalue weighted by Gasteiger charge is -2.20. The molecule has 0 aliphatic heterocycles. The Labute approximate surface area is 102 Å². The number of urea groups is 1. The average molecular weight is 238 g/mol. The van der Waals surface area contributed by atoms with Crippen LogP contribution in [0, 0.1) is 5.82 Å². The normalized spacial score (nSPS) is 12.0. The van der Waals surface area contributed by atoms with Gasteiger partial charge in [0, 0.05) is 19.6 Å². The van der Waals surface area contributed by atoms with Gasteiger partial charge in [-0.2, -0.15) is 0 Å². The minimum Gasteiger partial charge on any atom is -0.335 e. The molecule has 3 nitrogen and oxygen atoms in total. The summed E-state index contributed by atoms with van der Waals surface area (Å²) < 4.78 is 13.4. The molecule has 0 aliphatic carbocycles. The third kappa shape index (κ3) is 4.06. The van der Waals surface area contributed by atoms with Gasteiger partial charge in [0.05, 0.1) is 0 Å². The van der Waals surface area contributed by atoms with E-state index in [1.54, 1.807) is 30.1 Å². The second-order valence-electron chi connectivity index (χ2n) is 4.16. The highest BCUT2D eigenvalue weighted by Gasteiger charge is 2.12. The van der Waals surface area contributed by atoms with Crippen molar-refractivity contribution >= 4 is 6.03 Å². The van der Waals surface area contributed by atoms with Crippen LogP contribution in [0.5, 0.6) is 0 Å². The van der Waals surface area contributed by atoms with Crippen molar-refractivity contribution in [3.05, 3.63) is 35.6 Å². The van der Waals surface area contributed by atoms with Crippen molar-refractivity contribution in [1.29, 1.82) is 0 Å². The first kappa shape index (κ1) is 13.5. The van der Waals surface area contributed by atoms with E-state index < -0.39 is 0 Å². The average Bonchev–Trinajstić information content (AvgIpc) is 2.31. The molecular formula is C13H19FN2O. The van der Waals surface area contributed by atoms with Gasteiger partial charge in [-0.3, -0.25) is 0 Å². The number of nitrogens with one attached hydrogen (secondary N) is 1. The number of amides is 2. The summed E-state index contributed by atoms with van der Waals surface area (Å²) in [6.45, 7) is 4.42. The molecule has 4 heteroatoms. The molecule has 0 aliphatic rings. The van der Waals surface area contributed by atoms with E-state index >= 15 is 0 Å². The lowest BCUT2D eigenvalue weighted by atomic mass is 10.1. The Hall–Kier alpha value is -1.58.